The molecule has 0 heterocycles. The average Bonchev–Trinajstić information content (AvgIpc) is 3.28. The predicted molar refractivity (Wildman–Crippen MR) is 76.8 cm³/mol. The van der Waals surface area contributed by atoms with Crippen LogP contribution in [-0.2, 0) is 6.54 Å². The molecule has 2 aliphatic rings. The molecular formula is C16H23FN2. The zero-order valence-electron chi connectivity index (χ0n) is 11.8. The lowest BCUT2D eigenvalue weighted by Gasteiger charge is -2.23. The molecule has 1 N–H and O–H groups in total. The first-order valence-electron chi connectivity index (χ1n) is 7.37. The van der Waals surface area contributed by atoms with Crippen LogP contribution in [0.15, 0.2) is 18.2 Å². The molecule has 0 aromatic heterocycles. The molecule has 2 unspecified atom stereocenters. The monoisotopic (exact) mass is 262 g/mol. The average molecular weight is 262 g/mol. The van der Waals surface area contributed by atoms with Crippen molar-refractivity contribution in [3.8, 4) is 0 Å². The highest BCUT2D eigenvalue weighted by Gasteiger charge is 2.33. The number of benzene rings is 1. The molecule has 104 valence electrons. The lowest BCUT2D eigenvalue weighted by molar-refractivity contribution is 0.584. The summed E-state index contributed by atoms with van der Waals surface area (Å²) in [7, 11) is 2.08. The van der Waals surface area contributed by atoms with Crippen molar-refractivity contribution in [2.75, 3.05) is 18.5 Å². The number of hydrogen-bond acceptors (Lipinski definition) is 2. The lowest BCUT2D eigenvalue weighted by atomic mass is 10.1. The van der Waals surface area contributed by atoms with Crippen molar-refractivity contribution in [2.45, 2.75) is 38.8 Å². The van der Waals surface area contributed by atoms with Crippen LogP contribution >= 0.6 is 0 Å². The summed E-state index contributed by atoms with van der Waals surface area (Å²) in [6.07, 6.45) is 3.79. The van der Waals surface area contributed by atoms with E-state index in [0.717, 1.165) is 29.6 Å². The minimum atomic E-state index is -0.0821. The maximum absolute atomic E-state index is 14.0. The molecule has 2 aliphatic carbocycles. The standard InChI is InChI=1S/C16H23FN2/c1-11-8-12(11)10-19(2)16-5-3-4-15(17)14(16)9-18-13-6-7-13/h3-5,11-13,18H,6-10H2,1-2H3. The Bertz CT molecular complexity index is 456. The van der Waals surface area contributed by atoms with Crippen LogP contribution in [0.5, 0.6) is 0 Å². The van der Waals surface area contributed by atoms with Crippen LogP contribution in [0.2, 0.25) is 0 Å². The third-order valence-corrected chi connectivity index (χ3v) is 4.43. The molecule has 3 rings (SSSR count). The van der Waals surface area contributed by atoms with Gasteiger partial charge >= 0.3 is 0 Å². The quantitative estimate of drug-likeness (QED) is 0.847. The van der Waals surface area contributed by atoms with Crippen molar-refractivity contribution >= 4 is 5.69 Å². The number of halogens is 1. The molecule has 0 aliphatic heterocycles. The Morgan fingerprint density at radius 1 is 1.37 bits per heavy atom. The Morgan fingerprint density at radius 2 is 2.11 bits per heavy atom. The van der Waals surface area contributed by atoms with E-state index in [4.69, 9.17) is 0 Å². The normalized spacial score (nSPS) is 25.4. The van der Waals surface area contributed by atoms with Crippen LogP contribution < -0.4 is 10.2 Å². The topological polar surface area (TPSA) is 15.3 Å². The Labute approximate surface area is 115 Å². The van der Waals surface area contributed by atoms with E-state index in [1.54, 1.807) is 6.07 Å². The molecule has 0 amide bonds. The van der Waals surface area contributed by atoms with E-state index in [1.165, 1.54) is 19.3 Å². The fourth-order valence-corrected chi connectivity index (χ4v) is 2.72. The molecule has 2 saturated carbocycles. The smallest absolute Gasteiger partial charge is 0.129 e. The van der Waals surface area contributed by atoms with E-state index in [1.807, 2.05) is 12.1 Å². The van der Waals surface area contributed by atoms with Crippen molar-refractivity contribution in [3.05, 3.63) is 29.6 Å². The van der Waals surface area contributed by atoms with E-state index in [2.05, 4.69) is 24.2 Å². The second-order valence-electron chi connectivity index (χ2n) is 6.25. The maximum Gasteiger partial charge on any atom is 0.129 e. The van der Waals surface area contributed by atoms with Crippen LogP contribution in [0.1, 0.15) is 31.7 Å². The van der Waals surface area contributed by atoms with Gasteiger partial charge in [-0.05, 0) is 43.2 Å². The highest BCUT2D eigenvalue weighted by Crippen LogP contribution is 2.39. The van der Waals surface area contributed by atoms with E-state index >= 15 is 0 Å². The fraction of sp³-hybridized carbons (Fsp3) is 0.625. The van der Waals surface area contributed by atoms with E-state index in [9.17, 15) is 4.39 Å². The lowest BCUT2D eigenvalue weighted by Crippen LogP contribution is -2.24. The number of hydrogen-bond donors (Lipinski definition) is 1. The van der Waals surface area contributed by atoms with Gasteiger partial charge in [0.2, 0.25) is 0 Å². The third-order valence-electron chi connectivity index (χ3n) is 4.43. The van der Waals surface area contributed by atoms with E-state index < -0.39 is 0 Å². The first kappa shape index (κ1) is 12.9. The van der Waals surface area contributed by atoms with Crippen molar-refractivity contribution in [1.82, 2.24) is 5.32 Å². The predicted octanol–water partition coefficient (Wildman–Crippen LogP) is 3.17. The molecular weight excluding hydrogens is 239 g/mol. The molecule has 2 atom stereocenters. The van der Waals surface area contributed by atoms with Gasteiger partial charge in [0.1, 0.15) is 5.82 Å². The van der Waals surface area contributed by atoms with E-state index in [0.29, 0.717) is 12.6 Å². The summed E-state index contributed by atoms with van der Waals surface area (Å²) in [6.45, 7) is 3.98. The second kappa shape index (κ2) is 5.12. The second-order valence-corrected chi connectivity index (χ2v) is 6.25. The summed E-state index contributed by atoms with van der Waals surface area (Å²) in [5.74, 6) is 1.54. The molecule has 2 nitrogen and oxygen atoms in total. The molecule has 1 aromatic carbocycles. The van der Waals surface area contributed by atoms with E-state index in [-0.39, 0.29) is 5.82 Å². The SMILES string of the molecule is CC1CC1CN(C)c1cccc(F)c1CNC1CC1. The van der Waals surface area contributed by atoms with Crippen LogP contribution in [-0.4, -0.2) is 19.6 Å². The molecule has 19 heavy (non-hydrogen) atoms. The molecule has 3 heteroatoms. The van der Waals surface area contributed by atoms with Crippen LogP contribution in [0.3, 0.4) is 0 Å². The largest absolute Gasteiger partial charge is 0.374 e. The van der Waals surface area contributed by atoms with Gasteiger partial charge in [0.15, 0.2) is 0 Å². The molecule has 0 bridgehead atoms. The van der Waals surface area contributed by atoms with Crippen molar-refractivity contribution in [2.24, 2.45) is 11.8 Å². The van der Waals surface area contributed by atoms with Gasteiger partial charge in [-0.3, -0.25) is 0 Å². The summed E-state index contributed by atoms with van der Waals surface area (Å²) >= 11 is 0. The van der Waals surface area contributed by atoms with Crippen LogP contribution in [0, 0.1) is 17.7 Å². The van der Waals surface area contributed by atoms with Gasteiger partial charge < -0.3 is 10.2 Å². The van der Waals surface area contributed by atoms with Crippen LogP contribution in [0.4, 0.5) is 10.1 Å². The Morgan fingerprint density at radius 3 is 2.74 bits per heavy atom. The highest BCUT2D eigenvalue weighted by atomic mass is 19.1. The first-order chi connectivity index (χ1) is 9.15. The number of nitrogens with one attached hydrogen (secondary N) is 1. The number of anilines is 1. The van der Waals surface area contributed by atoms with Crippen LogP contribution in [0.25, 0.3) is 0 Å². The minimum absolute atomic E-state index is 0.0821. The molecule has 0 radical (unpaired) electrons. The summed E-state index contributed by atoms with van der Waals surface area (Å²) in [4.78, 5) is 2.22. The zero-order chi connectivity index (χ0) is 13.4. The van der Waals surface area contributed by atoms with Gasteiger partial charge in [-0.1, -0.05) is 13.0 Å². The summed E-state index contributed by atoms with van der Waals surface area (Å²) in [5.41, 5.74) is 1.87. The number of nitrogens with zero attached hydrogens (tertiary/aromatic N) is 1. The summed E-state index contributed by atoms with van der Waals surface area (Å²) < 4.78 is 14.0. The van der Waals surface area contributed by atoms with Gasteiger partial charge in [0.25, 0.3) is 0 Å². The molecule has 0 saturated heterocycles. The van der Waals surface area contributed by atoms with Gasteiger partial charge in [-0.15, -0.1) is 0 Å². The Kier molecular flexibility index (Phi) is 3.48. The minimum Gasteiger partial charge on any atom is -0.374 e. The van der Waals surface area contributed by atoms with Gasteiger partial charge in [0.05, 0.1) is 0 Å². The number of rotatable bonds is 6. The van der Waals surface area contributed by atoms with Gasteiger partial charge in [0, 0.05) is 37.4 Å². The zero-order valence-corrected chi connectivity index (χ0v) is 11.8. The Hall–Kier alpha value is -1.09. The van der Waals surface area contributed by atoms with Gasteiger partial charge in [-0.2, -0.15) is 0 Å². The highest BCUT2D eigenvalue weighted by molar-refractivity contribution is 5.54. The molecule has 0 spiro atoms. The van der Waals surface area contributed by atoms with Crippen molar-refractivity contribution < 1.29 is 4.39 Å². The molecule has 2 fully saturated rings. The third kappa shape index (κ3) is 3.08. The molecule has 1 aromatic rings. The summed E-state index contributed by atoms with van der Waals surface area (Å²) in [6, 6.07) is 6.04. The fourth-order valence-electron chi connectivity index (χ4n) is 2.72. The van der Waals surface area contributed by atoms with Crippen molar-refractivity contribution in [1.29, 1.82) is 0 Å². The summed E-state index contributed by atoms with van der Waals surface area (Å²) in [5, 5.41) is 3.42. The Balaban J connectivity index is 1.71. The van der Waals surface area contributed by atoms with Gasteiger partial charge in [-0.25, -0.2) is 4.39 Å². The maximum atomic E-state index is 14.0. The van der Waals surface area contributed by atoms with Crippen molar-refractivity contribution in [3.63, 3.8) is 0 Å². The first-order valence-corrected chi connectivity index (χ1v) is 7.37.